The Morgan fingerprint density at radius 3 is 2.81 bits per heavy atom. The van der Waals surface area contributed by atoms with E-state index in [1.165, 1.54) is 25.7 Å². The van der Waals surface area contributed by atoms with Crippen LogP contribution in [0.5, 0.6) is 0 Å². The molecule has 2 fully saturated rings. The Hall–Kier alpha value is -0.570. The van der Waals surface area contributed by atoms with Crippen molar-refractivity contribution in [2.45, 2.75) is 45.1 Å². The van der Waals surface area contributed by atoms with E-state index in [2.05, 4.69) is 12.2 Å². The molecule has 0 radical (unpaired) electrons. The van der Waals surface area contributed by atoms with Crippen LogP contribution in [0.25, 0.3) is 0 Å². The van der Waals surface area contributed by atoms with E-state index in [9.17, 15) is 4.79 Å². The number of hydrogen-bond donors (Lipinski definition) is 1. The average Bonchev–Trinajstić information content (AvgIpc) is 3.00. The second kappa shape index (κ2) is 5.17. The predicted molar refractivity (Wildman–Crippen MR) is 65.2 cm³/mol. The molecule has 2 aliphatic rings. The van der Waals surface area contributed by atoms with E-state index >= 15 is 0 Å². The average molecular weight is 224 g/mol. The molecule has 0 bridgehead atoms. The molecule has 1 saturated carbocycles. The van der Waals surface area contributed by atoms with Gasteiger partial charge in [-0.3, -0.25) is 4.79 Å². The first-order chi connectivity index (χ1) is 7.68. The normalized spacial score (nSPS) is 34.2. The van der Waals surface area contributed by atoms with E-state index in [1.807, 2.05) is 11.9 Å². The number of nitrogens with one attached hydrogen (secondary N) is 1. The van der Waals surface area contributed by atoms with Crippen molar-refractivity contribution in [3.8, 4) is 0 Å². The molecule has 3 heteroatoms. The highest BCUT2D eigenvalue weighted by atomic mass is 16.2. The minimum atomic E-state index is 0.0848. The third kappa shape index (κ3) is 2.97. The summed E-state index contributed by atoms with van der Waals surface area (Å²) in [4.78, 5) is 14.1. The summed E-state index contributed by atoms with van der Waals surface area (Å²) in [7, 11) is 1.96. The van der Waals surface area contributed by atoms with E-state index in [-0.39, 0.29) is 6.04 Å². The monoisotopic (exact) mass is 224 g/mol. The summed E-state index contributed by atoms with van der Waals surface area (Å²) in [6.45, 7) is 4.23. The van der Waals surface area contributed by atoms with Crippen LogP contribution in [0.4, 0.5) is 0 Å². The molecule has 3 unspecified atom stereocenters. The molecule has 0 aromatic heterocycles. The van der Waals surface area contributed by atoms with Crippen molar-refractivity contribution in [2.24, 2.45) is 11.8 Å². The summed E-state index contributed by atoms with van der Waals surface area (Å²) < 4.78 is 0. The van der Waals surface area contributed by atoms with Gasteiger partial charge in [0.05, 0.1) is 6.04 Å². The highest BCUT2D eigenvalue weighted by Crippen LogP contribution is 2.38. The van der Waals surface area contributed by atoms with E-state index < -0.39 is 0 Å². The van der Waals surface area contributed by atoms with Gasteiger partial charge in [0.15, 0.2) is 0 Å². The zero-order valence-electron chi connectivity index (χ0n) is 10.5. The van der Waals surface area contributed by atoms with Gasteiger partial charge in [-0.15, -0.1) is 0 Å². The van der Waals surface area contributed by atoms with Crippen LogP contribution in [-0.4, -0.2) is 37.0 Å². The second-order valence-electron chi connectivity index (χ2n) is 5.55. The number of nitrogens with zero attached hydrogens (tertiary/aromatic N) is 1. The fourth-order valence-corrected chi connectivity index (χ4v) is 2.60. The van der Waals surface area contributed by atoms with Gasteiger partial charge in [-0.1, -0.05) is 19.8 Å². The summed E-state index contributed by atoms with van der Waals surface area (Å²) >= 11 is 0. The maximum absolute atomic E-state index is 12.2. The first kappa shape index (κ1) is 11.9. The van der Waals surface area contributed by atoms with E-state index in [0.717, 1.165) is 31.3 Å². The van der Waals surface area contributed by atoms with Crippen molar-refractivity contribution >= 4 is 5.91 Å². The fraction of sp³-hybridized carbons (Fsp3) is 0.923. The van der Waals surface area contributed by atoms with Gasteiger partial charge >= 0.3 is 0 Å². The Kier molecular flexibility index (Phi) is 3.85. The van der Waals surface area contributed by atoms with Crippen LogP contribution in [0.15, 0.2) is 0 Å². The number of rotatable bonds is 3. The Labute approximate surface area is 98.6 Å². The lowest BCUT2D eigenvalue weighted by atomic mass is 10.1. The maximum atomic E-state index is 12.2. The smallest absolute Gasteiger partial charge is 0.239 e. The highest BCUT2D eigenvalue weighted by molar-refractivity contribution is 5.81. The van der Waals surface area contributed by atoms with Gasteiger partial charge in [-0.25, -0.2) is 0 Å². The zero-order valence-corrected chi connectivity index (χ0v) is 10.5. The fourth-order valence-electron chi connectivity index (χ4n) is 2.60. The molecular weight excluding hydrogens is 200 g/mol. The van der Waals surface area contributed by atoms with Crippen LogP contribution in [0.1, 0.15) is 39.0 Å². The Balaban J connectivity index is 1.80. The molecular formula is C13H24N2O. The Bertz CT molecular complexity index is 246. The van der Waals surface area contributed by atoms with Crippen molar-refractivity contribution in [1.29, 1.82) is 0 Å². The molecule has 0 aromatic carbocycles. The molecule has 0 aromatic rings. The van der Waals surface area contributed by atoms with Gasteiger partial charge in [-0.2, -0.15) is 0 Å². The molecule has 1 heterocycles. The van der Waals surface area contributed by atoms with Crippen LogP contribution < -0.4 is 5.32 Å². The third-order valence-corrected chi connectivity index (χ3v) is 4.02. The van der Waals surface area contributed by atoms with Crippen molar-refractivity contribution in [2.75, 3.05) is 20.1 Å². The van der Waals surface area contributed by atoms with Crippen molar-refractivity contribution in [3.63, 3.8) is 0 Å². The first-order valence-electron chi connectivity index (χ1n) is 6.67. The Morgan fingerprint density at radius 1 is 1.38 bits per heavy atom. The Morgan fingerprint density at radius 2 is 2.12 bits per heavy atom. The number of hydrogen-bond acceptors (Lipinski definition) is 2. The van der Waals surface area contributed by atoms with Gasteiger partial charge < -0.3 is 10.2 Å². The molecule has 3 nitrogen and oxygen atoms in total. The molecule has 3 atom stereocenters. The highest BCUT2D eigenvalue weighted by Gasteiger charge is 2.35. The standard InChI is InChI=1S/C13H24N2O/c1-10-8-11(10)9-15(2)13(16)12-6-4-3-5-7-14-12/h10-12,14H,3-9H2,1-2H3. The minimum Gasteiger partial charge on any atom is -0.344 e. The number of amides is 1. The molecule has 1 amide bonds. The van der Waals surface area contributed by atoms with Gasteiger partial charge in [0.25, 0.3) is 0 Å². The van der Waals surface area contributed by atoms with Crippen LogP contribution in [-0.2, 0) is 4.79 Å². The van der Waals surface area contributed by atoms with Crippen molar-refractivity contribution in [3.05, 3.63) is 0 Å². The van der Waals surface area contributed by atoms with E-state index in [4.69, 9.17) is 0 Å². The lowest BCUT2D eigenvalue weighted by Gasteiger charge is -2.23. The molecule has 92 valence electrons. The number of carbonyl (C=O) groups excluding carboxylic acids is 1. The number of likely N-dealkylation sites (N-methyl/N-ethyl adjacent to an activating group) is 1. The molecule has 1 saturated heterocycles. The van der Waals surface area contributed by atoms with Gasteiger partial charge in [0.2, 0.25) is 5.91 Å². The molecule has 1 aliphatic heterocycles. The maximum Gasteiger partial charge on any atom is 0.239 e. The largest absolute Gasteiger partial charge is 0.344 e. The first-order valence-corrected chi connectivity index (χ1v) is 6.67. The summed E-state index contributed by atoms with van der Waals surface area (Å²) in [5.74, 6) is 1.90. The van der Waals surface area contributed by atoms with Crippen molar-refractivity contribution < 1.29 is 4.79 Å². The number of carbonyl (C=O) groups is 1. The van der Waals surface area contributed by atoms with Crippen LogP contribution in [0.3, 0.4) is 0 Å². The van der Waals surface area contributed by atoms with Crippen LogP contribution in [0, 0.1) is 11.8 Å². The lowest BCUT2D eigenvalue weighted by molar-refractivity contribution is -0.132. The summed E-state index contributed by atoms with van der Waals surface area (Å²) in [5, 5.41) is 3.38. The van der Waals surface area contributed by atoms with Gasteiger partial charge in [0, 0.05) is 13.6 Å². The minimum absolute atomic E-state index is 0.0848. The van der Waals surface area contributed by atoms with Crippen molar-refractivity contribution in [1.82, 2.24) is 10.2 Å². The summed E-state index contributed by atoms with van der Waals surface area (Å²) in [5.41, 5.74) is 0. The SMILES string of the molecule is CC1CC1CN(C)C(=O)C1CCCCCN1. The van der Waals surface area contributed by atoms with E-state index in [1.54, 1.807) is 0 Å². The molecule has 2 rings (SSSR count). The lowest BCUT2D eigenvalue weighted by Crippen LogP contribution is -2.45. The predicted octanol–water partition coefficient (Wildman–Crippen LogP) is 1.63. The van der Waals surface area contributed by atoms with Crippen LogP contribution in [0.2, 0.25) is 0 Å². The van der Waals surface area contributed by atoms with Gasteiger partial charge in [0.1, 0.15) is 0 Å². The third-order valence-electron chi connectivity index (χ3n) is 4.02. The molecule has 0 spiro atoms. The molecule has 1 N–H and O–H groups in total. The summed E-state index contributed by atoms with van der Waals surface area (Å²) in [6, 6.07) is 0.0848. The summed E-state index contributed by atoms with van der Waals surface area (Å²) in [6.07, 6.45) is 5.99. The van der Waals surface area contributed by atoms with Gasteiger partial charge in [-0.05, 0) is 37.6 Å². The molecule has 16 heavy (non-hydrogen) atoms. The second-order valence-corrected chi connectivity index (χ2v) is 5.55. The quantitative estimate of drug-likeness (QED) is 0.790. The van der Waals surface area contributed by atoms with Crippen LogP contribution >= 0.6 is 0 Å². The molecule has 1 aliphatic carbocycles. The zero-order chi connectivity index (χ0) is 11.5. The van der Waals surface area contributed by atoms with E-state index in [0.29, 0.717) is 5.91 Å². The topological polar surface area (TPSA) is 32.3 Å².